The van der Waals surface area contributed by atoms with Gasteiger partial charge in [0, 0.05) is 18.1 Å². The Morgan fingerprint density at radius 2 is 2.06 bits per heavy atom. The summed E-state index contributed by atoms with van der Waals surface area (Å²) in [7, 11) is 0. The van der Waals surface area contributed by atoms with Crippen LogP contribution in [0.3, 0.4) is 0 Å². The van der Waals surface area contributed by atoms with E-state index >= 15 is 0 Å². The molecule has 16 heavy (non-hydrogen) atoms. The van der Waals surface area contributed by atoms with Crippen molar-refractivity contribution in [3.63, 3.8) is 0 Å². The number of nitrogens with zero attached hydrogens (tertiary/aromatic N) is 1. The molecule has 3 rings (SSSR count). The predicted molar refractivity (Wildman–Crippen MR) is 67.6 cm³/mol. The van der Waals surface area contributed by atoms with Gasteiger partial charge in [-0.3, -0.25) is 0 Å². The van der Waals surface area contributed by atoms with Crippen LogP contribution in [0.15, 0.2) is 0 Å². The Labute approximate surface area is 99.8 Å². The van der Waals surface area contributed by atoms with E-state index in [1.165, 1.54) is 58.0 Å². The van der Waals surface area contributed by atoms with Gasteiger partial charge in [-0.05, 0) is 58.0 Å². The maximum absolute atomic E-state index is 3.88. The summed E-state index contributed by atoms with van der Waals surface area (Å²) in [6.45, 7) is 5.10. The SMILES string of the molecule is CC(CC1CC1)NC1CCN2CCCC2C1. The van der Waals surface area contributed by atoms with Gasteiger partial charge in [-0.15, -0.1) is 0 Å². The molecule has 0 aromatic rings. The van der Waals surface area contributed by atoms with Crippen LogP contribution in [-0.2, 0) is 0 Å². The molecule has 2 heteroatoms. The summed E-state index contributed by atoms with van der Waals surface area (Å²) in [6, 6.07) is 2.48. The summed E-state index contributed by atoms with van der Waals surface area (Å²) in [5, 5.41) is 3.88. The normalized spacial score (nSPS) is 37.3. The van der Waals surface area contributed by atoms with Crippen molar-refractivity contribution < 1.29 is 0 Å². The minimum Gasteiger partial charge on any atom is -0.311 e. The van der Waals surface area contributed by atoms with Gasteiger partial charge in [-0.1, -0.05) is 12.8 Å². The summed E-state index contributed by atoms with van der Waals surface area (Å²) >= 11 is 0. The molecule has 2 aliphatic heterocycles. The number of fused-ring (bicyclic) bond motifs is 1. The predicted octanol–water partition coefficient (Wildman–Crippen LogP) is 2.39. The molecule has 0 spiro atoms. The molecule has 3 atom stereocenters. The van der Waals surface area contributed by atoms with Gasteiger partial charge < -0.3 is 10.2 Å². The highest BCUT2D eigenvalue weighted by Crippen LogP contribution is 2.34. The van der Waals surface area contributed by atoms with Crippen LogP contribution in [0.1, 0.15) is 51.9 Å². The summed E-state index contributed by atoms with van der Waals surface area (Å²) in [6.07, 6.45) is 10.1. The highest BCUT2D eigenvalue weighted by atomic mass is 15.2. The second kappa shape index (κ2) is 4.66. The lowest BCUT2D eigenvalue weighted by atomic mass is 9.96. The number of nitrogens with one attached hydrogen (secondary N) is 1. The Hall–Kier alpha value is -0.0800. The minimum atomic E-state index is 0.755. The zero-order valence-electron chi connectivity index (χ0n) is 10.6. The third-order valence-electron chi connectivity index (χ3n) is 4.72. The molecule has 0 bridgehead atoms. The van der Waals surface area contributed by atoms with Crippen LogP contribution in [0.5, 0.6) is 0 Å². The van der Waals surface area contributed by atoms with Gasteiger partial charge in [-0.2, -0.15) is 0 Å². The fraction of sp³-hybridized carbons (Fsp3) is 1.00. The molecule has 0 amide bonds. The maximum atomic E-state index is 3.88. The van der Waals surface area contributed by atoms with Crippen molar-refractivity contribution in [2.45, 2.75) is 70.0 Å². The first-order chi connectivity index (χ1) is 7.81. The number of rotatable bonds is 4. The van der Waals surface area contributed by atoms with Crippen molar-refractivity contribution in [2.24, 2.45) is 5.92 Å². The molecule has 0 aromatic carbocycles. The molecule has 1 saturated carbocycles. The standard InChI is InChI=1S/C14H26N2/c1-11(9-12-4-5-12)15-13-6-8-16-7-2-3-14(16)10-13/h11-15H,2-10H2,1H3. The molecule has 1 N–H and O–H groups in total. The van der Waals surface area contributed by atoms with Gasteiger partial charge in [0.2, 0.25) is 0 Å². The fourth-order valence-corrected chi connectivity index (χ4v) is 3.70. The molecule has 92 valence electrons. The lowest BCUT2D eigenvalue weighted by Gasteiger charge is -2.36. The zero-order chi connectivity index (χ0) is 11.0. The smallest absolute Gasteiger partial charge is 0.0111 e. The highest BCUT2D eigenvalue weighted by Gasteiger charge is 2.32. The van der Waals surface area contributed by atoms with Gasteiger partial charge in [0.1, 0.15) is 0 Å². The maximum Gasteiger partial charge on any atom is 0.0111 e. The molecular weight excluding hydrogens is 196 g/mol. The van der Waals surface area contributed by atoms with E-state index < -0.39 is 0 Å². The summed E-state index contributed by atoms with van der Waals surface area (Å²) < 4.78 is 0. The van der Waals surface area contributed by atoms with Crippen LogP contribution in [0.4, 0.5) is 0 Å². The van der Waals surface area contributed by atoms with Crippen molar-refractivity contribution in [2.75, 3.05) is 13.1 Å². The molecule has 3 aliphatic rings. The molecule has 0 radical (unpaired) electrons. The average Bonchev–Trinajstić information content (AvgIpc) is 2.95. The van der Waals surface area contributed by atoms with Crippen molar-refractivity contribution in [1.82, 2.24) is 10.2 Å². The molecule has 0 aromatic heterocycles. The number of piperidine rings is 1. The van der Waals surface area contributed by atoms with E-state index in [1.807, 2.05) is 0 Å². The Balaban J connectivity index is 1.44. The molecule has 1 aliphatic carbocycles. The Kier molecular flexibility index (Phi) is 3.21. The average molecular weight is 222 g/mol. The third kappa shape index (κ3) is 2.60. The van der Waals surface area contributed by atoms with Gasteiger partial charge in [0.05, 0.1) is 0 Å². The number of hydrogen-bond acceptors (Lipinski definition) is 2. The largest absolute Gasteiger partial charge is 0.311 e. The van der Waals surface area contributed by atoms with Gasteiger partial charge in [-0.25, -0.2) is 0 Å². The van der Waals surface area contributed by atoms with Crippen molar-refractivity contribution >= 4 is 0 Å². The van der Waals surface area contributed by atoms with E-state index in [9.17, 15) is 0 Å². The highest BCUT2D eigenvalue weighted by molar-refractivity contribution is 4.90. The van der Waals surface area contributed by atoms with Crippen molar-refractivity contribution in [3.8, 4) is 0 Å². The molecule has 2 saturated heterocycles. The quantitative estimate of drug-likeness (QED) is 0.786. The summed E-state index contributed by atoms with van der Waals surface area (Å²) in [4.78, 5) is 2.71. The Morgan fingerprint density at radius 3 is 2.88 bits per heavy atom. The minimum absolute atomic E-state index is 0.755. The molecule has 3 fully saturated rings. The lowest BCUT2D eigenvalue weighted by Crippen LogP contribution is -2.48. The topological polar surface area (TPSA) is 15.3 Å². The second-order valence-corrected chi connectivity index (χ2v) is 6.30. The zero-order valence-corrected chi connectivity index (χ0v) is 10.6. The van der Waals surface area contributed by atoms with E-state index in [2.05, 4.69) is 17.1 Å². The molecule has 3 unspecified atom stereocenters. The van der Waals surface area contributed by atoms with Crippen LogP contribution in [-0.4, -0.2) is 36.1 Å². The number of hydrogen-bond donors (Lipinski definition) is 1. The first-order valence-corrected chi connectivity index (χ1v) is 7.31. The first-order valence-electron chi connectivity index (χ1n) is 7.31. The van der Waals surface area contributed by atoms with Crippen LogP contribution in [0, 0.1) is 5.92 Å². The first kappa shape index (κ1) is 11.0. The Morgan fingerprint density at radius 1 is 1.19 bits per heavy atom. The summed E-state index contributed by atoms with van der Waals surface area (Å²) in [5.74, 6) is 1.06. The monoisotopic (exact) mass is 222 g/mol. The third-order valence-corrected chi connectivity index (χ3v) is 4.72. The fourth-order valence-electron chi connectivity index (χ4n) is 3.70. The van der Waals surface area contributed by atoms with E-state index in [4.69, 9.17) is 0 Å². The van der Waals surface area contributed by atoms with Crippen LogP contribution >= 0.6 is 0 Å². The van der Waals surface area contributed by atoms with Crippen LogP contribution < -0.4 is 5.32 Å². The molecular formula is C14H26N2. The van der Waals surface area contributed by atoms with E-state index in [-0.39, 0.29) is 0 Å². The van der Waals surface area contributed by atoms with Crippen LogP contribution in [0.25, 0.3) is 0 Å². The van der Waals surface area contributed by atoms with Crippen LogP contribution in [0.2, 0.25) is 0 Å². The van der Waals surface area contributed by atoms with Gasteiger partial charge in [0.25, 0.3) is 0 Å². The van der Waals surface area contributed by atoms with Crippen molar-refractivity contribution in [3.05, 3.63) is 0 Å². The molecule has 2 heterocycles. The van der Waals surface area contributed by atoms with Crippen molar-refractivity contribution in [1.29, 1.82) is 0 Å². The Bertz CT molecular complexity index is 237. The van der Waals surface area contributed by atoms with Gasteiger partial charge >= 0.3 is 0 Å². The van der Waals surface area contributed by atoms with E-state index in [0.29, 0.717) is 0 Å². The van der Waals surface area contributed by atoms with E-state index in [0.717, 1.165) is 24.0 Å². The summed E-state index contributed by atoms with van der Waals surface area (Å²) in [5.41, 5.74) is 0. The van der Waals surface area contributed by atoms with Gasteiger partial charge in [0.15, 0.2) is 0 Å². The molecule has 2 nitrogen and oxygen atoms in total. The second-order valence-electron chi connectivity index (χ2n) is 6.30. The lowest BCUT2D eigenvalue weighted by molar-refractivity contribution is 0.160. The van der Waals surface area contributed by atoms with E-state index in [1.54, 1.807) is 0 Å².